The van der Waals surface area contributed by atoms with E-state index in [2.05, 4.69) is 4.98 Å². The van der Waals surface area contributed by atoms with Gasteiger partial charge in [-0.1, -0.05) is 6.92 Å². The molecule has 0 amide bonds. The van der Waals surface area contributed by atoms with Gasteiger partial charge in [-0.05, 0) is 13.3 Å². The molecule has 3 nitrogen and oxygen atoms in total. The van der Waals surface area contributed by atoms with Crippen LogP contribution in [0.15, 0.2) is 17.2 Å². The van der Waals surface area contributed by atoms with Crippen LogP contribution in [-0.4, -0.2) is 9.55 Å². The van der Waals surface area contributed by atoms with Crippen LogP contribution in [-0.2, 0) is 13.0 Å². The molecule has 0 aliphatic rings. The second-order valence-corrected chi connectivity index (χ2v) is 2.36. The first kappa shape index (κ1) is 7.98. The largest absolute Gasteiger partial charge is 0.336 e. The summed E-state index contributed by atoms with van der Waals surface area (Å²) in [7, 11) is 0. The quantitative estimate of drug-likeness (QED) is 0.629. The molecule has 0 fully saturated rings. The monoisotopic (exact) mass is 152 g/mol. The molecule has 0 aromatic carbocycles. The van der Waals surface area contributed by atoms with Crippen molar-refractivity contribution >= 4 is 0 Å². The van der Waals surface area contributed by atoms with Crippen molar-refractivity contribution in [1.82, 2.24) is 9.55 Å². The smallest absolute Gasteiger partial charge is 0.272 e. The summed E-state index contributed by atoms with van der Waals surface area (Å²) in [6.07, 6.45) is 2.48. The standard InChI is InChI=1S/C8H12N2O/c1-3-7-5-8(11)9-6-10(7)4-2/h5-6H,3-4H2,1-2H3. The molecule has 0 radical (unpaired) electrons. The van der Waals surface area contributed by atoms with Gasteiger partial charge in [-0.2, -0.15) is 4.98 Å². The Kier molecular flexibility index (Phi) is 2.41. The summed E-state index contributed by atoms with van der Waals surface area (Å²) >= 11 is 0. The zero-order valence-corrected chi connectivity index (χ0v) is 6.87. The maximum Gasteiger partial charge on any atom is 0.272 e. The van der Waals surface area contributed by atoms with Crippen LogP contribution in [0.4, 0.5) is 0 Å². The van der Waals surface area contributed by atoms with E-state index in [0.717, 1.165) is 18.7 Å². The van der Waals surface area contributed by atoms with Crippen molar-refractivity contribution in [3.8, 4) is 0 Å². The minimum atomic E-state index is -0.147. The van der Waals surface area contributed by atoms with E-state index in [1.54, 1.807) is 12.4 Å². The minimum absolute atomic E-state index is 0.147. The number of aromatic nitrogens is 2. The van der Waals surface area contributed by atoms with E-state index >= 15 is 0 Å². The van der Waals surface area contributed by atoms with E-state index in [4.69, 9.17) is 0 Å². The molecule has 1 aromatic heterocycles. The summed E-state index contributed by atoms with van der Waals surface area (Å²) in [6.45, 7) is 4.93. The summed E-state index contributed by atoms with van der Waals surface area (Å²) in [6, 6.07) is 1.59. The predicted octanol–water partition coefficient (Wildman–Crippen LogP) is 0.826. The van der Waals surface area contributed by atoms with Gasteiger partial charge >= 0.3 is 0 Å². The molecule has 0 aliphatic carbocycles. The maximum atomic E-state index is 10.8. The molecule has 1 rings (SSSR count). The normalized spacial score (nSPS) is 10.0. The van der Waals surface area contributed by atoms with Crippen LogP contribution in [0.1, 0.15) is 19.5 Å². The van der Waals surface area contributed by atoms with Crippen molar-refractivity contribution in [3.05, 3.63) is 28.4 Å². The van der Waals surface area contributed by atoms with E-state index in [-0.39, 0.29) is 5.56 Å². The highest BCUT2D eigenvalue weighted by atomic mass is 16.1. The highest BCUT2D eigenvalue weighted by Gasteiger charge is 1.95. The van der Waals surface area contributed by atoms with Gasteiger partial charge in [-0.25, -0.2) is 0 Å². The third kappa shape index (κ3) is 1.67. The van der Waals surface area contributed by atoms with Crippen molar-refractivity contribution in [2.45, 2.75) is 26.8 Å². The predicted molar refractivity (Wildman–Crippen MR) is 43.5 cm³/mol. The fourth-order valence-corrected chi connectivity index (χ4v) is 1.05. The highest BCUT2D eigenvalue weighted by Crippen LogP contribution is 1.95. The number of rotatable bonds is 2. The maximum absolute atomic E-state index is 10.8. The number of aryl methyl sites for hydroxylation is 2. The molecule has 0 saturated heterocycles. The lowest BCUT2D eigenvalue weighted by molar-refractivity contribution is 0.682. The molecule has 1 aromatic rings. The molecule has 1 heterocycles. The summed E-state index contributed by atoms with van der Waals surface area (Å²) in [5.41, 5.74) is 0.902. The number of hydrogen-bond acceptors (Lipinski definition) is 2. The average molecular weight is 152 g/mol. The molecule has 0 N–H and O–H groups in total. The van der Waals surface area contributed by atoms with E-state index in [1.165, 1.54) is 0 Å². The van der Waals surface area contributed by atoms with Crippen molar-refractivity contribution in [3.63, 3.8) is 0 Å². The molecular weight excluding hydrogens is 140 g/mol. The fourth-order valence-electron chi connectivity index (χ4n) is 1.05. The molecule has 3 heteroatoms. The SMILES string of the molecule is CCc1cc(=O)ncn1CC. The summed E-state index contributed by atoms with van der Waals surface area (Å²) in [4.78, 5) is 14.5. The van der Waals surface area contributed by atoms with Crippen LogP contribution >= 0.6 is 0 Å². The van der Waals surface area contributed by atoms with Crippen molar-refractivity contribution in [2.24, 2.45) is 0 Å². The van der Waals surface area contributed by atoms with Crippen LogP contribution in [0.25, 0.3) is 0 Å². The lowest BCUT2D eigenvalue weighted by Gasteiger charge is -2.06. The molecule has 11 heavy (non-hydrogen) atoms. The summed E-state index contributed by atoms with van der Waals surface area (Å²) < 4.78 is 1.97. The lowest BCUT2D eigenvalue weighted by atomic mass is 10.3. The van der Waals surface area contributed by atoms with Gasteiger partial charge in [0.05, 0.1) is 6.33 Å². The summed E-state index contributed by atoms with van der Waals surface area (Å²) in [5, 5.41) is 0. The fraction of sp³-hybridized carbons (Fsp3) is 0.500. The molecule has 0 spiro atoms. The van der Waals surface area contributed by atoms with Gasteiger partial charge in [0.2, 0.25) is 0 Å². The minimum Gasteiger partial charge on any atom is -0.336 e. The topological polar surface area (TPSA) is 34.9 Å². The number of hydrogen-bond donors (Lipinski definition) is 0. The Labute approximate surface area is 65.7 Å². The van der Waals surface area contributed by atoms with Gasteiger partial charge in [-0.15, -0.1) is 0 Å². The third-order valence-corrected chi connectivity index (χ3v) is 1.69. The molecule has 0 bridgehead atoms. The van der Waals surface area contributed by atoms with Gasteiger partial charge in [0.15, 0.2) is 0 Å². The van der Waals surface area contributed by atoms with E-state index < -0.39 is 0 Å². The molecule has 0 saturated carbocycles. The Morgan fingerprint density at radius 1 is 1.55 bits per heavy atom. The first-order chi connectivity index (χ1) is 5.27. The average Bonchev–Trinajstić information content (AvgIpc) is 2.04. The third-order valence-electron chi connectivity index (χ3n) is 1.69. The zero-order valence-electron chi connectivity index (χ0n) is 6.87. The Balaban J connectivity index is 3.16. The van der Waals surface area contributed by atoms with Crippen molar-refractivity contribution in [2.75, 3.05) is 0 Å². The Bertz CT molecular complexity index is 290. The second kappa shape index (κ2) is 3.32. The molecule has 0 unspecified atom stereocenters. The van der Waals surface area contributed by atoms with Crippen LogP contribution < -0.4 is 5.56 Å². The van der Waals surface area contributed by atoms with Crippen LogP contribution in [0.3, 0.4) is 0 Å². The summed E-state index contributed by atoms with van der Waals surface area (Å²) in [5.74, 6) is 0. The van der Waals surface area contributed by atoms with Crippen LogP contribution in [0.2, 0.25) is 0 Å². The zero-order chi connectivity index (χ0) is 8.27. The molecule has 60 valence electrons. The lowest BCUT2D eigenvalue weighted by Crippen LogP contribution is -2.13. The first-order valence-electron chi connectivity index (χ1n) is 3.83. The van der Waals surface area contributed by atoms with Crippen molar-refractivity contribution in [1.29, 1.82) is 0 Å². The molecular formula is C8H12N2O. The Hall–Kier alpha value is -1.12. The Morgan fingerprint density at radius 3 is 2.82 bits per heavy atom. The van der Waals surface area contributed by atoms with Crippen molar-refractivity contribution < 1.29 is 0 Å². The van der Waals surface area contributed by atoms with E-state index in [1.807, 2.05) is 18.4 Å². The van der Waals surface area contributed by atoms with Gasteiger partial charge in [0.1, 0.15) is 0 Å². The van der Waals surface area contributed by atoms with Gasteiger partial charge in [-0.3, -0.25) is 4.79 Å². The van der Waals surface area contributed by atoms with Gasteiger partial charge < -0.3 is 4.57 Å². The van der Waals surface area contributed by atoms with Gasteiger partial charge in [0, 0.05) is 18.3 Å². The van der Waals surface area contributed by atoms with E-state index in [0.29, 0.717) is 0 Å². The second-order valence-electron chi connectivity index (χ2n) is 2.36. The molecule has 0 atom stereocenters. The Morgan fingerprint density at radius 2 is 2.27 bits per heavy atom. The van der Waals surface area contributed by atoms with Crippen LogP contribution in [0.5, 0.6) is 0 Å². The number of nitrogens with zero attached hydrogens (tertiary/aromatic N) is 2. The van der Waals surface area contributed by atoms with Crippen LogP contribution in [0, 0.1) is 0 Å². The van der Waals surface area contributed by atoms with E-state index in [9.17, 15) is 4.79 Å². The van der Waals surface area contributed by atoms with Gasteiger partial charge in [0.25, 0.3) is 5.56 Å². The first-order valence-corrected chi connectivity index (χ1v) is 3.83. The highest BCUT2D eigenvalue weighted by molar-refractivity contribution is 5.00. The molecule has 0 aliphatic heterocycles.